The molecule has 0 saturated carbocycles. The number of fused-ring (bicyclic) bond motifs is 1. The Bertz CT molecular complexity index is 920. The fourth-order valence-corrected chi connectivity index (χ4v) is 5.14. The van der Waals surface area contributed by atoms with Gasteiger partial charge >= 0.3 is 0 Å². The summed E-state index contributed by atoms with van der Waals surface area (Å²) in [5, 5.41) is 8.37. The molecule has 0 radical (unpaired) electrons. The highest BCUT2D eigenvalue weighted by Gasteiger charge is 2.41. The number of hydrogen-bond acceptors (Lipinski definition) is 4. The predicted molar refractivity (Wildman–Crippen MR) is 113 cm³/mol. The first-order valence-electron chi connectivity index (χ1n) is 10.5. The normalized spacial score (nSPS) is 24.1. The molecule has 1 saturated heterocycles. The van der Waals surface area contributed by atoms with Crippen LogP contribution in [0.5, 0.6) is 5.75 Å². The van der Waals surface area contributed by atoms with E-state index in [-0.39, 0.29) is 17.9 Å². The molecule has 2 heterocycles. The number of carbonyl (C=O) groups is 1. The maximum absolute atomic E-state index is 12.5. The summed E-state index contributed by atoms with van der Waals surface area (Å²) >= 11 is 0. The molecule has 156 valence electrons. The Morgan fingerprint density at radius 1 is 1.21 bits per heavy atom. The first-order chi connectivity index (χ1) is 13.9. The van der Waals surface area contributed by atoms with Crippen LogP contribution < -0.4 is 10.1 Å². The zero-order chi connectivity index (χ0) is 20.7. The Hall–Kier alpha value is -2.34. The summed E-state index contributed by atoms with van der Waals surface area (Å²) in [5.41, 5.74) is 6.20. The summed E-state index contributed by atoms with van der Waals surface area (Å²) in [4.78, 5) is 14.5. The Balaban J connectivity index is 1.48. The summed E-state index contributed by atoms with van der Waals surface area (Å²) < 4.78 is 7.32. The van der Waals surface area contributed by atoms with Gasteiger partial charge in [0.25, 0.3) is 0 Å². The van der Waals surface area contributed by atoms with E-state index in [0.29, 0.717) is 12.5 Å². The third kappa shape index (κ3) is 3.66. The number of nitrogens with one attached hydrogen (secondary N) is 1. The highest BCUT2D eigenvalue weighted by atomic mass is 16.5. The van der Waals surface area contributed by atoms with Crippen molar-refractivity contribution in [2.45, 2.75) is 51.6 Å². The largest absolute Gasteiger partial charge is 0.497 e. The minimum atomic E-state index is 0.0969. The molecule has 1 aromatic heterocycles. The van der Waals surface area contributed by atoms with Crippen LogP contribution in [0.2, 0.25) is 0 Å². The maximum atomic E-state index is 12.5. The van der Waals surface area contributed by atoms with Gasteiger partial charge in [-0.2, -0.15) is 5.10 Å². The summed E-state index contributed by atoms with van der Waals surface area (Å²) in [6.07, 6.45) is 3.83. The third-order valence-corrected chi connectivity index (χ3v) is 6.87. The molecule has 0 bridgehead atoms. The molecule has 3 atom stereocenters. The smallest absolute Gasteiger partial charge is 0.223 e. The molecule has 1 fully saturated rings. The first kappa shape index (κ1) is 20.0. The van der Waals surface area contributed by atoms with Gasteiger partial charge in [-0.05, 0) is 56.4 Å². The van der Waals surface area contributed by atoms with E-state index >= 15 is 0 Å². The highest BCUT2D eigenvalue weighted by Crippen LogP contribution is 2.39. The zero-order valence-corrected chi connectivity index (χ0v) is 18.2. The second kappa shape index (κ2) is 7.82. The van der Waals surface area contributed by atoms with Crippen molar-refractivity contribution in [3.8, 4) is 5.75 Å². The molecule has 2 aromatic rings. The fraction of sp³-hybridized carbons (Fsp3) is 0.565. The van der Waals surface area contributed by atoms with E-state index in [1.165, 1.54) is 16.7 Å². The van der Waals surface area contributed by atoms with Crippen molar-refractivity contribution in [1.82, 2.24) is 20.0 Å². The molecule has 6 nitrogen and oxygen atoms in total. The molecule has 29 heavy (non-hydrogen) atoms. The molecule has 1 N–H and O–H groups in total. The first-order valence-corrected chi connectivity index (χ1v) is 10.5. The molecule has 1 unspecified atom stereocenters. The number of rotatable bonds is 5. The van der Waals surface area contributed by atoms with Crippen molar-refractivity contribution in [3.63, 3.8) is 0 Å². The molecule has 6 heteroatoms. The number of ether oxygens (including phenoxy) is 1. The van der Waals surface area contributed by atoms with Crippen LogP contribution in [0.1, 0.15) is 47.0 Å². The number of likely N-dealkylation sites (tertiary alicyclic amines) is 1. The minimum absolute atomic E-state index is 0.0969. The Labute approximate surface area is 173 Å². The van der Waals surface area contributed by atoms with Crippen LogP contribution in [0.15, 0.2) is 18.2 Å². The lowest BCUT2D eigenvalue weighted by Crippen LogP contribution is -2.39. The summed E-state index contributed by atoms with van der Waals surface area (Å²) in [6.45, 7) is 5.00. The second-order valence-electron chi connectivity index (χ2n) is 8.60. The van der Waals surface area contributed by atoms with Crippen molar-refractivity contribution in [2.24, 2.45) is 13.0 Å². The second-order valence-corrected chi connectivity index (χ2v) is 8.60. The van der Waals surface area contributed by atoms with E-state index < -0.39 is 0 Å². The Kier molecular flexibility index (Phi) is 5.38. The van der Waals surface area contributed by atoms with Crippen LogP contribution in [-0.2, 0) is 24.7 Å². The zero-order valence-electron chi connectivity index (χ0n) is 18.2. The van der Waals surface area contributed by atoms with E-state index in [2.05, 4.69) is 42.5 Å². The van der Waals surface area contributed by atoms with Gasteiger partial charge < -0.3 is 15.0 Å². The maximum Gasteiger partial charge on any atom is 0.223 e. The quantitative estimate of drug-likeness (QED) is 0.844. The molecule has 4 rings (SSSR count). The average Bonchev–Trinajstić information content (AvgIpc) is 3.13. The lowest BCUT2D eigenvalue weighted by atomic mass is 9.87. The van der Waals surface area contributed by atoms with Gasteiger partial charge in [-0.1, -0.05) is 6.07 Å². The molecule has 1 amide bonds. The molecule has 0 spiro atoms. The van der Waals surface area contributed by atoms with Crippen molar-refractivity contribution in [2.75, 3.05) is 20.7 Å². The van der Waals surface area contributed by atoms with Crippen molar-refractivity contribution in [3.05, 3.63) is 46.3 Å². The number of hydrogen-bond donors (Lipinski definition) is 1. The van der Waals surface area contributed by atoms with Gasteiger partial charge in [-0.3, -0.25) is 9.48 Å². The van der Waals surface area contributed by atoms with Gasteiger partial charge in [-0.15, -0.1) is 0 Å². The average molecular weight is 397 g/mol. The van der Waals surface area contributed by atoms with Gasteiger partial charge in [0.1, 0.15) is 5.75 Å². The minimum Gasteiger partial charge on any atom is -0.497 e. The van der Waals surface area contributed by atoms with Crippen molar-refractivity contribution >= 4 is 5.91 Å². The summed E-state index contributed by atoms with van der Waals surface area (Å²) in [5.74, 6) is 1.42. The van der Waals surface area contributed by atoms with Crippen LogP contribution in [0.3, 0.4) is 0 Å². The number of aryl methyl sites for hydroxylation is 3. The van der Waals surface area contributed by atoms with E-state index in [4.69, 9.17) is 4.74 Å². The van der Waals surface area contributed by atoms with Crippen LogP contribution in [0.4, 0.5) is 0 Å². The van der Waals surface area contributed by atoms with Gasteiger partial charge in [0.2, 0.25) is 5.91 Å². The standard InChI is InChI=1S/C23H32N4O2/c1-14-22(15(2)27(4)25-14)23-18(12-21(28)26(23)3)13-24-19-8-6-16-7-9-20(29-5)11-17(16)10-19/h7,9,11,18-19,23-24H,6,8,10,12-13H2,1-5H3/t18-,19?,23+/m0/s1. The highest BCUT2D eigenvalue weighted by molar-refractivity contribution is 5.79. The topological polar surface area (TPSA) is 59.4 Å². The molecule has 1 aliphatic carbocycles. The van der Waals surface area contributed by atoms with Crippen LogP contribution >= 0.6 is 0 Å². The van der Waals surface area contributed by atoms with E-state index in [1.54, 1.807) is 7.11 Å². The lowest BCUT2D eigenvalue weighted by Gasteiger charge is -2.30. The number of aromatic nitrogens is 2. The van der Waals surface area contributed by atoms with Gasteiger partial charge in [-0.25, -0.2) is 0 Å². The number of amides is 1. The van der Waals surface area contributed by atoms with E-state index in [1.807, 2.05) is 23.7 Å². The molecular formula is C23H32N4O2. The number of benzene rings is 1. The number of nitrogens with zero attached hydrogens (tertiary/aromatic N) is 3. The SMILES string of the molecule is COc1ccc2c(c1)CC(NC[C@@H]1CC(=O)N(C)[C@H]1c1c(C)nn(C)c1C)CC2. The fourth-order valence-electron chi connectivity index (χ4n) is 5.14. The van der Waals surface area contributed by atoms with Gasteiger partial charge in [0.05, 0.1) is 18.8 Å². The lowest BCUT2D eigenvalue weighted by molar-refractivity contribution is -0.127. The number of carbonyl (C=O) groups excluding carboxylic acids is 1. The van der Waals surface area contributed by atoms with E-state index in [0.717, 1.165) is 42.9 Å². The molecule has 1 aromatic carbocycles. The predicted octanol–water partition coefficient (Wildman–Crippen LogP) is 2.71. The van der Waals surface area contributed by atoms with Crippen molar-refractivity contribution in [1.29, 1.82) is 0 Å². The van der Waals surface area contributed by atoms with E-state index in [9.17, 15) is 4.79 Å². The molecule has 1 aliphatic heterocycles. The summed E-state index contributed by atoms with van der Waals surface area (Å²) in [6, 6.07) is 6.95. The third-order valence-electron chi connectivity index (χ3n) is 6.87. The van der Waals surface area contributed by atoms with Crippen LogP contribution in [0.25, 0.3) is 0 Å². The van der Waals surface area contributed by atoms with Gasteiger partial charge in [0, 0.05) is 50.3 Å². The monoisotopic (exact) mass is 396 g/mol. The van der Waals surface area contributed by atoms with Crippen LogP contribution in [0, 0.1) is 19.8 Å². The summed E-state index contributed by atoms with van der Waals surface area (Å²) in [7, 11) is 5.63. The number of methoxy groups -OCH3 is 1. The Morgan fingerprint density at radius 3 is 2.69 bits per heavy atom. The molecule has 2 aliphatic rings. The van der Waals surface area contributed by atoms with Crippen LogP contribution in [-0.4, -0.2) is 47.3 Å². The van der Waals surface area contributed by atoms with Gasteiger partial charge in [0.15, 0.2) is 0 Å². The Morgan fingerprint density at radius 2 is 2.00 bits per heavy atom. The van der Waals surface area contributed by atoms with Crippen molar-refractivity contribution < 1.29 is 9.53 Å². The molecular weight excluding hydrogens is 364 g/mol.